The van der Waals surface area contributed by atoms with E-state index in [1.165, 1.54) is 42.5 Å². The van der Waals surface area contributed by atoms with E-state index in [9.17, 15) is 21.6 Å². The largest absolute Gasteiger partial charge is 0.339 e. The molecule has 0 spiro atoms. The summed E-state index contributed by atoms with van der Waals surface area (Å²) in [6.07, 6.45) is 5.02. The van der Waals surface area contributed by atoms with Gasteiger partial charge in [-0.25, -0.2) is 16.8 Å². The quantitative estimate of drug-likeness (QED) is 0.441. The highest BCUT2D eigenvalue weighted by atomic mass is 32.2. The highest BCUT2D eigenvalue weighted by Gasteiger charge is 2.25. The molecule has 3 aromatic carbocycles. The molecule has 1 aliphatic carbocycles. The maximum atomic E-state index is 13.4. The lowest BCUT2D eigenvalue weighted by Crippen LogP contribution is -2.38. The van der Waals surface area contributed by atoms with E-state index in [0.717, 1.165) is 32.1 Å². The van der Waals surface area contributed by atoms with Gasteiger partial charge in [0.1, 0.15) is 0 Å². The minimum absolute atomic E-state index is 0.0486. The highest BCUT2D eigenvalue weighted by Crippen LogP contribution is 2.27. The van der Waals surface area contributed by atoms with E-state index < -0.39 is 20.0 Å². The number of sulfonamides is 2. The molecular formula is C26H29N3O5S2. The standard InChI is InChI=1S/C26H29N3O5S2/c1-29(23-11-5-2-6-12-23)26(30)20-17-21(27-35(31,32)24-13-7-3-8-14-24)19-22(18-20)28-36(33,34)25-15-9-4-10-16-25/h3-4,7-10,13-19,23,27-28H,2,5-6,11-12H2,1H3. The first-order valence-electron chi connectivity index (χ1n) is 11.7. The lowest BCUT2D eigenvalue weighted by molar-refractivity contribution is 0.0696. The Balaban J connectivity index is 1.70. The number of hydrogen-bond donors (Lipinski definition) is 2. The van der Waals surface area contributed by atoms with E-state index in [1.54, 1.807) is 48.3 Å². The molecule has 3 aromatic rings. The number of carbonyl (C=O) groups is 1. The van der Waals surface area contributed by atoms with Gasteiger partial charge in [0.05, 0.1) is 21.2 Å². The molecule has 0 aliphatic heterocycles. The third-order valence-electron chi connectivity index (χ3n) is 6.23. The number of hydrogen-bond acceptors (Lipinski definition) is 5. The van der Waals surface area contributed by atoms with Gasteiger partial charge in [-0.05, 0) is 55.3 Å². The van der Waals surface area contributed by atoms with Gasteiger partial charge in [-0.1, -0.05) is 55.7 Å². The average molecular weight is 528 g/mol. The smallest absolute Gasteiger partial charge is 0.261 e. The third kappa shape index (κ3) is 6.06. The molecule has 0 bridgehead atoms. The van der Waals surface area contributed by atoms with Crippen molar-refractivity contribution in [3.05, 3.63) is 84.4 Å². The molecule has 10 heteroatoms. The molecule has 0 radical (unpaired) electrons. The van der Waals surface area contributed by atoms with E-state index in [4.69, 9.17) is 0 Å². The van der Waals surface area contributed by atoms with Crippen LogP contribution < -0.4 is 9.44 Å². The molecule has 8 nitrogen and oxygen atoms in total. The molecule has 1 aliphatic rings. The van der Waals surface area contributed by atoms with Crippen LogP contribution in [0.3, 0.4) is 0 Å². The van der Waals surface area contributed by atoms with Crippen LogP contribution in [0.2, 0.25) is 0 Å². The van der Waals surface area contributed by atoms with Crippen molar-refractivity contribution in [3.8, 4) is 0 Å². The minimum Gasteiger partial charge on any atom is -0.339 e. The summed E-state index contributed by atoms with van der Waals surface area (Å²) in [6, 6.07) is 19.9. The van der Waals surface area contributed by atoms with Crippen LogP contribution in [0, 0.1) is 0 Å². The Morgan fingerprint density at radius 3 is 1.61 bits per heavy atom. The van der Waals surface area contributed by atoms with E-state index in [0.29, 0.717) is 0 Å². The minimum atomic E-state index is -3.96. The molecule has 0 unspecified atom stereocenters. The summed E-state index contributed by atoms with van der Waals surface area (Å²) in [4.78, 5) is 15.2. The van der Waals surface area contributed by atoms with Crippen molar-refractivity contribution in [2.45, 2.75) is 47.9 Å². The Hall–Kier alpha value is -3.37. The van der Waals surface area contributed by atoms with Crippen molar-refractivity contribution in [3.63, 3.8) is 0 Å². The first kappa shape index (κ1) is 25.7. The van der Waals surface area contributed by atoms with E-state index in [2.05, 4.69) is 9.44 Å². The van der Waals surface area contributed by atoms with Gasteiger partial charge >= 0.3 is 0 Å². The number of rotatable bonds is 8. The number of nitrogens with zero attached hydrogens (tertiary/aromatic N) is 1. The molecule has 0 saturated heterocycles. The van der Waals surface area contributed by atoms with Gasteiger partial charge in [-0.15, -0.1) is 0 Å². The number of benzene rings is 3. The van der Waals surface area contributed by atoms with Gasteiger partial charge in [0.25, 0.3) is 26.0 Å². The van der Waals surface area contributed by atoms with Gasteiger partial charge in [0, 0.05) is 18.7 Å². The van der Waals surface area contributed by atoms with Crippen molar-refractivity contribution < 1.29 is 21.6 Å². The van der Waals surface area contributed by atoms with Crippen LogP contribution in [-0.2, 0) is 20.0 Å². The zero-order valence-corrected chi connectivity index (χ0v) is 21.6. The fraction of sp³-hybridized carbons (Fsp3) is 0.269. The number of nitrogens with one attached hydrogen (secondary N) is 2. The predicted molar refractivity (Wildman–Crippen MR) is 140 cm³/mol. The van der Waals surface area contributed by atoms with Crippen LogP contribution in [-0.4, -0.2) is 40.7 Å². The molecule has 0 aromatic heterocycles. The fourth-order valence-corrected chi connectivity index (χ4v) is 6.46. The topological polar surface area (TPSA) is 113 Å². The Kier molecular flexibility index (Phi) is 7.65. The first-order valence-corrected chi connectivity index (χ1v) is 14.7. The number of carbonyl (C=O) groups excluding carboxylic acids is 1. The second-order valence-electron chi connectivity index (χ2n) is 8.84. The highest BCUT2D eigenvalue weighted by molar-refractivity contribution is 7.93. The SMILES string of the molecule is CN(C(=O)c1cc(NS(=O)(=O)c2ccccc2)cc(NS(=O)(=O)c2ccccc2)c1)C1CCCCC1. The Morgan fingerprint density at radius 2 is 1.17 bits per heavy atom. The molecule has 36 heavy (non-hydrogen) atoms. The van der Waals surface area contributed by atoms with Crippen LogP contribution in [0.5, 0.6) is 0 Å². The van der Waals surface area contributed by atoms with E-state index in [-0.39, 0.29) is 38.7 Å². The maximum absolute atomic E-state index is 13.4. The normalized spacial score (nSPS) is 14.7. The van der Waals surface area contributed by atoms with Gasteiger partial charge in [0.2, 0.25) is 0 Å². The van der Waals surface area contributed by atoms with E-state index >= 15 is 0 Å². The lowest BCUT2D eigenvalue weighted by Gasteiger charge is -2.31. The second kappa shape index (κ2) is 10.7. The zero-order chi connectivity index (χ0) is 25.8. The van der Waals surface area contributed by atoms with Crippen molar-refractivity contribution >= 4 is 37.3 Å². The molecule has 0 atom stereocenters. The Labute approximate surface area is 212 Å². The summed E-state index contributed by atoms with van der Waals surface area (Å²) in [7, 11) is -6.19. The van der Waals surface area contributed by atoms with Crippen LogP contribution >= 0.6 is 0 Å². The van der Waals surface area contributed by atoms with Gasteiger partial charge in [0.15, 0.2) is 0 Å². The molecule has 0 heterocycles. The Morgan fingerprint density at radius 1 is 0.722 bits per heavy atom. The van der Waals surface area contributed by atoms with Crippen molar-refractivity contribution in [1.29, 1.82) is 0 Å². The molecule has 2 N–H and O–H groups in total. The van der Waals surface area contributed by atoms with Crippen molar-refractivity contribution in [1.82, 2.24) is 4.90 Å². The second-order valence-corrected chi connectivity index (χ2v) is 12.2. The summed E-state index contributed by atoms with van der Waals surface area (Å²) in [6.45, 7) is 0. The van der Waals surface area contributed by atoms with Crippen LogP contribution in [0.15, 0.2) is 88.7 Å². The summed E-state index contributed by atoms with van der Waals surface area (Å²) >= 11 is 0. The lowest BCUT2D eigenvalue weighted by atomic mass is 9.94. The predicted octanol–water partition coefficient (Wildman–Crippen LogP) is 4.69. The number of anilines is 2. The van der Waals surface area contributed by atoms with Gasteiger partial charge in [-0.3, -0.25) is 14.2 Å². The summed E-state index contributed by atoms with van der Waals surface area (Å²) in [5.41, 5.74) is 0.335. The molecule has 1 fully saturated rings. The molecule has 4 rings (SSSR count). The maximum Gasteiger partial charge on any atom is 0.261 e. The fourth-order valence-electron chi connectivity index (χ4n) is 4.33. The molecule has 1 saturated carbocycles. The summed E-state index contributed by atoms with van der Waals surface area (Å²) < 4.78 is 56.7. The monoisotopic (exact) mass is 527 g/mol. The van der Waals surface area contributed by atoms with Crippen LogP contribution in [0.1, 0.15) is 42.5 Å². The third-order valence-corrected chi connectivity index (χ3v) is 9.03. The molecule has 1 amide bonds. The van der Waals surface area contributed by atoms with Crippen LogP contribution in [0.25, 0.3) is 0 Å². The first-order chi connectivity index (χ1) is 17.2. The average Bonchev–Trinajstić information content (AvgIpc) is 2.88. The van der Waals surface area contributed by atoms with Gasteiger partial charge < -0.3 is 4.90 Å². The summed E-state index contributed by atoms with van der Waals surface area (Å²) in [5, 5.41) is 0. The Bertz CT molecular complexity index is 1330. The van der Waals surface area contributed by atoms with Crippen LogP contribution in [0.4, 0.5) is 11.4 Å². The van der Waals surface area contributed by atoms with E-state index in [1.807, 2.05) is 0 Å². The van der Waals surface area contributed by atoms with Crippen molar-refractivity contribution in [2.24, 2.45) is 0 Å². The molecule has 190 valence electrons. The van der Waals surface area contributed by atoms with Gasteiger partial charge in [-0.2, -0.15) is 0 Å². The molecular weight excluding hydrogens is 498 g/mol. The van der Waals surface area contributed by atoms with Crippen molar-refractivity contribution in [2.75, 3.05) is 16.5 Å². The number of amides is 1. The zero-order valence-electron chi connectivity index (χ0n) is 19.9. The summed E-state index contributed by atoms with van der Waals surface area (Å²) in [5.74, 6) is -0.303.